The van der Waals surface area contributed by atoms with Gasteiger partial charge in [-0.1, -0.05) is 15.9 Å². The minimum absolute atomic E-state index is 0.120. The van der Waals surface area contributed by atoms with E-state index in [1.807, 2.05) is 13.0 Å². The molecule has 1 aromatic rings. The van der Waals surface area contributed by atoms with Gasteiger partial charge in [0.1, 0.15) is 5.75 Å². The van der Waals surface area contributed by atoms with Crippen LogP contribution in [0.1, 0.15) is 24.5 Å². The van der Waals surface area contributed by atoms with Gasteiger partial charge in [-0.05, 0) is 37.6 Å². The second kappa shape index (κ2) is 5.37. The fourth-order valence-corrected chi connectivity index (χ4v) is 3.43. The van der Waals surface area contributed by atoms with Gasteiger partial charge in [-0.3, -0.25) is 4.79 Å². The van der Waals surface area contributed by atoms with E-state index in [1.165, 1.54) is 5.56 Å². The number of fused-ring (bicyclic) bond motifs is 1. The summed E-state index contributed by atoms with van der Waals surface area (Å²) in [6, 6.07) is 4.12. The fourth-order valence-electron chi connectivity index (χ4n) is 2.88. The first-order valence-corrected chi connectivity index (χ1v) is 7.81. The van der Waals surface area contributed by atoms with Crippen molar-refractivity contribution in [1.82, 2.24) is 10.6 Å². The molecule has 0 aromatic heterocycles. The van der Waals surface area contributed by atoms with Gasteiger partial charge in [0.2, 0.25) is 5.91 Å². The first kappa shape index (κ1) is 13.9. The lowest BCUT2D eigenvalue weighted by atomic mass is 9.89. The van der Waals surface area contributed by atoms with Crippen molar-refractivity contribution >= 4 is 21.8 Å². The molecular formula is C15H19BrN2O2. The first-order chi connectivity index (χ1) is 9.58. The summed E-state index contributed by atoms with van der Waals surface area (Å²) in [5.74, 6) is 1.07. The molecule has 2 aliphatic heterocycles. The first-order valence-electron chi connectivity index (χ1n) is 7.02. The molecule has 5 heteroatoms. The molecule has 0 radical (unpaired) electrons. The molecule has 3 rings (SSSR count). The van der Waals surface area contributed by atoms with Crippen LogP contribution in [0.5, 0.6) is 5.75 Å². The number of hydrogen-bond donors (Lipinski definition) is 2. The van der Waals surface area contributed by atoms with Gasteiger partial charge in [0, 0.05) is 29.5 Å². The summed E-state index contributed by atoms with van der Waals surface area (Å²) in [7, 11) is 0. The van der Waals surface area contributed by atoms with Crippen LogP contribution in [-0.4, -0.2) is 25.6 Å². The number of hydrogen-bond acceptors (Lipinski definition) is 3. The molecule has 2 N–H and O–H groups in total. The van der Waals surface area contributed by atoms with E-state index >= 15 is 0 Å². The predicted molar refractivity (Wildman–Crippen MR) is 80.8 cm³/mol. The molecule has 2 aliphatic rings. The molecule has 108 valence electrons. The Morgan fingerprint density at radius 2 is 2.40 bits per heavy atom. The maximum absolute atomic E-state index is 12.3. The van der Waals surface area contributed by atoms with Crippen LogP contribution in [0.3, 0.4) is 0 Å². The topological polar surface area (TPSA) is 50.4 Å². The standard InChI is InChI=1S/C15H19BrN2O2/c1-15(3-4-17-9-15)14(19)18-8-11-7-12(16)6-10-2-5-20-13(10)11/h6-7,17H,2-5,8-9H2,1H3,(H,18,19). The minimum atomic E-state index is -0.282. The third kappa shape index (κ3) is 2.56. The number of ether oxygens (including phenoxy) is 1. The van der Waals surface area contributed by atoms with Gasteiger partial charge in [-0.25, -0.2) is 0 Å². The van der Waals surface area contributed by atoms with Gasteiger partial charge in [0.05, 0.1) is 12.0 Å². The van der Waals surface area contributed by atoms with Gasteiger partial charge in [-0.15, -0.1) is 0 Å². The molecule has 1 aromatic carbocycles. The number of rotatable bonds is 3. The van der Waals surface area contributed by atoms with E-state index in [-0.39, 0.29) is 11.3 Å². The second-order valence-corrected chi connectivity index (χ2v) is 6.74. The van der Waals surface area contributed by atoms with Gasteiger partial charge in [0.15, 0.2) is 0 Å². The highest BCUT2D eigenvalue weighted by Crippen LogP contribution is 2.33. The van der Waals surface area contributed by atoms with Crippen molar-refractivity contribution in [3.05, 3.63) is 27.7 Å². The van der Waals surface area contributed by atoms with Crippen molar-refractivity contribution in [3.63, 3.8) is 0 Å². The Labute approximate surface area is 127 Å². The van der Waals surface area contributed by atoms with Crippen LogP contribution in [0.15, 0.2) is 16.6 Å². The lowest BCUT2D eigenvalue weighted by molar-refractivity contribution is -0.129. The van der Waals surface area contributed by atoms with Gasteiger partial charge in [0.25, 0.3) is 0 Å². The minimum Gasteiger partial charge on any atom is -0.493 e. The van der Waals surface area contributed by atoms with Crippen LogP contribution in [0.2, 0.25) is 0 Å². The number of nitrogens with one attached hydrogen (secondary N) is 2. The van der Waals surface area contributed by atoms with Crippen LogP contribution >= 0.6 is 15.9 Å². The Morgan fingerprint density at radius 1 is 1.55 bits per heavy atom. The number of benzene rings is 1. The maximum atomic E-state index is 12.3. The van der Waals surface area contributed by atoms with E-state index in [0.717, 1.165) is 48.3 Å². The summed E-state index contributed by atoms with van der Waals surface area (Å²) in [6.07, 6.45) is 1.84. The molecule has 1 fully saturated rings. The molecule has 0 spiro atoms. The number of amides is 1. The molecule has 1 atom stereocenters. The molecule has 1 saturated heterocycles. The van der Waals surface area contributed by atoms with E-state index in [9.17, 15) is 4.79 Å². The average Bonchev–Trinajstić information content (AvgIpc) is 3.04. The summed E-state index contributed by atoms with van der Waals surface area (Å²) in [6.45, 7) is 4.94. The predicted octanol–water partition coefficient (Wildman–Crippen LogP) is 2.00. The summed E-state index contributed by atoms with van der Waals surface area (Å²) < 4.78 is 6.72. The van der Waals surface area contributed by atoms with Gasteiger partial charge in [-0.2, -0.15) is 0 Å². The Balaban J connectivity index is 1.71. The average molecular weight is 339 g/mol. The summed E-state index contributed by atoms with van der Waals surface area (Å²) in [5, 5.41) is 6.31. The summed E-state index contributed by atoms with van der Waals surface area (Å²) >= 11 is 3.52. The summed E-state index contributed by atoms with van der Waals surface area (Å²) in [5.41, 5.74) is 1.99. The van der Waals surface area contributed by atoms with Crippen molar-refractivity contribution in [2.75, 3.05) is 19.7 Å². The second-order valence-electron chi connectivity index (χ2n) is 5.82. The lowest BCUT2D eigenvalue weighted by Gasteiger charge is -2.22. The normalized spacial score (nSPS) is 24.3. The zero-order valence-electron chi connectivity index (χ0n) is 11.6. The largest absolute Gasteiger partial charge is 0.493 e. The van der Waals surface area contributed by atoms with Crippen LogP contribution in [-0.2, 0) is 17.8 Å². The van der Waals surface area contributed by atoms with Gasteiger partial charge >= 0.3 is 0 Å². The molecule has 0 bridgehead atoms. The van der Waals surface area contributed by atoms with Crippen molar-refractivity contribution in [2.45, 2.75) is 26.3 Å². The zero-order chi connectivity index (χ0) is 14.2. The van der Waals surface area contributed by atoms with Crippen molar-refractivity contribution < 1.29 is 9.53 Å². The molecule has 1 amide bonds. The highest BCUT2D eigenvalue weighted by molar-refractivity contribution is 9.10. The smallest absolute Gasteiger partial charge is 0.227 e. The van der Waals surface area contributed by atoms with Crippen LogP contribution < -0.4 is 15.4 Å². The van der Waals surface area contributed by atoms with E-state index in [0.29, 0.717) is 6.54 Å². The van der Waals surface area contributed by atoms with E-state index in [1.54, 1.807) is 0 Å². The lowest BCUT2D eigenvalue weighted by Crippen LogP contribution is -2.40. The quantitative estimate of drug-likeness (QED) is 0.886. The monoisotopic (exact) mass is 338 g/mol. The van der Waals surface area contributed by atoms with Crippen LogP contribution in [0.4, 0.5) is 0 Å². The van der Waals surface area contributed by atoms with E-state index < -0.39 is 0 Å². The number of halogens is 1. The van der Waals surface area contributed by atoms with E-state index in [2.05, 4.69) is 32.6 Å². The molecular weight excluding hydrogens is 320 g/mol. The molecule has 4 nitrogen and oxygen atoms in total. The third-order valence-corrected chi connectivity index (χ3v) is 4.64. The van der Waals surface area contributed by atoms with Crippen LogP contribution in [0.25, 0.3) is 0 Å². The van der Waals surface area contributed by atoms with Crippen molar-refractivity contribution in [3.8, 4) is 5.75 Å². The Hall–Kier alpha value is -1.07. The SMILES string of the molecule is CC1(C(=O)NCc2cc(Br)cc3c2OCC3)CCNC1. The molecule has 20 heavy (non-hydrogen) atoms. The van der Waals surface area contributed by atoms with Gasteiger partial charge < -0.3 is 15.4 Å². The highest BCUT2D eigenvalue weighted by Gasteiger charge is 2.36. The number of carbonyl (C=O) groups excluding carboxylic acids is 1. The fraction of sp³-hybridized carbons (Fsp3) is 0.533. The molecule has 1 unspecified atom stereocenters. The molecule has 0 aliphatic carbocycles. The third-order valence-electron chi connectivity index (χ3n) is 4.18. The van der Waals surface area contributed by atoms with Crippen molar-refractivity contribution in [2.24, 2.45) is 5.41 Å². The Morgan fingerprint density at radius 3 is 3.15 bits per heavy atom. The van der Waals surface area contributed by atoms with Crippen molar-refractivity contribution in [1.29, 1.82) is 0 Å². The molecule has 2 heterocycles. The highest BCUT2D eigenvalue weighted by atomic mass is 79.9. The van der Waals surface area contributed by atoms with E-state index in [4.69, 9.17) is 4.74 Å². The molecule has 0 saturated carbocycles. The Kier molecular flexibility index (Phi) is 3.73. The number of carbonyl (C=O) groups is 1. The summed E-state index contributed by atoms with van der Waals surface area (Å²) in [4.78, 5) is 12.3. The maximum Gasteiger partial charge on any atom is 0.227 e. The zero-order valence-corrected chi connectivity index (χ0v) is 13.2. The van der Waals surface area contributed by atoms with Crippen LogP contribution in [0, 0.1) is 5.41 Å². The Bertz CT molecular complexity index is 539.